The quantitative estimate of drug-likeness (QED) is 0.476. The summed E-state index contributed by atoms with van der Waals surface area (Å²) in [7, 11) is 0.668. The number of hydrogen-bond acceptors (Lipinski definition) is 4. The van der Waals surface area contributed by atoms with E-state index < -0.39 is 15.5 Å². The van der Waals surface area contributed by atoms with E-state index in [1.165, 1.54) is 14.2 Å². The van der Waals surface area contributed by atoms with E-state index in [-0.39, 0.29) is 0 Å². The van der Waals surface area contributed by atoms with Crippen molar-refractivity contribution in [1.29, 1.82) is 0 Å². The molecule has 0 bridgehead atoms. The normalized spacial score (nSPS) is 10.2. The highest BCUT2D eigenvalue weighted by atomic mass is 28.3. The minimum Gasteiger partial charge on any atom is -0.472 e. The summed E-state index contributed by atoms with van der Waals surface area (Å²) in [4.78, 5) is 11.2. The molecule has 0 aliphatic rings. The van der Waals surface area contributed by atoms with Crippen LogP contribution in [-0.4, -0.2) is 29.7 Å². The lowest BCUT2D eigenvalue weighted by atomic mass is 10.2. The fraction of sp³-hybridized carbons (Fsp3) is 0.625. The number of hydrogen-bond donors (Lipinski definition) is 0. The maximum absolute atomic E-state index is 11.2. The maximum atomic E-state index is 11.2. The summed E-state index contributed by atoms with van der Waals surface area (Å²) in [5.41, 5.74) is 0.467. The van der Waals surface area contributed by atoms with Crippen molar-refractivity contribution >= 4 is 15.5 Å². The van der Waals surface area contributed by atoms with Crippen molar-refractivity contribution in [3.05, 3.63) is 12.2 Å². The van der Waals surface area contributed by atoms with Crippen molar-refractivity contribution in [2.75, 3.05) is 14.2 Å². The molecule has 13 heavy (non-hydrogen) atoms. The van der Waals surface area contributed by atoms with Crippen molar-refractivity contribution in [2.24, 2.45) is 0 Å². The van der Waals surface area contributed by atoms with Gasteiger partial charge >= 0.3 is 15.5 Å². The van der Waals surface area contributed by atoms with Gasteiger partial charge in [0, 0.05) is 19.8 Å². The molecule has 0 aliphatic carbocycles. The summed E-state index contributed by atoms with van der Waals surface area (Å²) in [6, 6.07) is 0. The Kier molecular flexibility index (Phi) is 6.48. The summed E-state index contributed by atoms with van der Waals surface area (Å²) in [5, 5.41) is 0. The molecule has 5 heteroatoms. The van der Waals surface area contributed by atoms with Crippen LogP contribution in [0.15, 0.2) is 12.2 Å². The van der Waals surface area contributed by atoms with Gasteiger partial charge in [-0.1, -0.05) is 19.9 Å². The Bertz CT molecular complexity index is 177. The minimum absolute atomic E-state index is 0.415. The molecule has 0 amide bonds. The summed E-state index contributed by atoms with van der Waals surface area (Å²) >= 11 is 0. The van der Waals surface area contributed by atoms with Crippen molar-refractivity contribution in [2.45, 2.75) is 19.8 Å². The van der Waals surface area contributed by atoms with E-state index in [9.17, 15) is 4.79 Å². The molecule has 0 N–H and O–H groups in total. The smallest absolute Gasteiger partial charge is 0.472 e. The third-order valence-corrected chi connectivity index (χ3v) is 2.60. The number of carbonyl (C=O) groups excluding carboxylic acids is 1. The van der Waals surface area contributed by atoms with Gasteiger partial charge in [0.2, 0.25) is 0 Å². The lowest BCUT2D eigenvalue weighted by molar-refractivity contribution is -0.133. The van der Waals surface area contributed by atoms with E-state index in [1.807, 2.05) is 6.92 Å². The van der Waals surface area contributed by atoms with Crippen LogP contribution in [-0.2, 0) is 18.1 Å². The topological polar surface area (TPSA) is 44.8 Å². The van der Waals surface area contributed by atoms with E-state index in [0.29, 0.717) is 12.0 Å². The third-order valence-electron chi connectivity index (χ3n) is 1.43. The molecular formula is C8H16O4Si. The Morgan fingerprint density at radius 1 is 1.38 bits per heavy atom. The Morgan fingerprint density at radius 2 is 1.92 bits per heavy atom. The van der Waals surface area contributed by atoms with Gasteiger partial charge in [-0.05, 0) is 6.42 Å². The minimum atomic E-state index is -2.24. The second-order valence-electron chi connectivity index (χ2n) is 2.52. The van der Waals surface area contributed by atoms with Gasteiger partial charge in [0.05, 0.1) is 0 Å². The molecule has 0 aliphatic heterocycles. The average molecular weight is 204 g/mol. The molecule has 0 rings (SSSR count). The predicted molar refractivity (Wildman–Crippen MR) is 51.3 cm³/mol. The fourth-order valence-electron chi connectivity index (χ4n) is 0.767. The van der Waals surface area contributed by atoms with Gasteiger partial charge in [-0.15, -0.1) is 0 Å². The number of carbonyl (C=O) groups is 1. The lowest BCUT2D eigenvalue weighted by Gasteiger charge is -2.12. The molecule has 0 fully saturated rings. The second kappa shape index (κ2) is 6.82. The first-order valence-electron chi connectivity index (χ1n) is 4.10. The van der Waals surface area contributed by atoms with Gasteiger partial charge in [-0.25, -0.2) is 4.79 Å². The van der Waals surface area contributed by atoms with Crippen LogP contribution in [0, 0.1) is 0 Å². The summed E-state index contributed by atoms with van der Waals surface area (Å²) in [5.74, 6) is -0.415. The molecule has 0 saturated carbocycles. The first-order chi connectivity index (χ1) is 6.15. The van der Waals surface area contributed by atoms with Crippen LogP contribution in [0.3, 0.4) is 0 Å². The fourth-order valence-corrected chi connectivity index (χ4v) is 1.49. The summed E-state index contributed by atoms with van der Waals surface area (Å²) in [6.45, 7) is 5.57. The maximum Gasteiger partial charge on any atom is 0.551 e. The van der Waals surface area contributed by atoms with Gasteiger partial charge in [-0.2, -0.15) is 0 Å². The van der Waals surface area contributed by atoms with Crippen molar-refractivity contribution in [3.63, 3.8) is 0 Å². The zero-order chi connectivity index (χ0) is 10.3. The van der Waals surface area contributed by atoms with Gasteiger partial charge in [0.25, 0.3) is 0 Å². The third kappa shape index (κ3) is 4.82. The summed E-state index contributed by atoms with van der Waals surface area (Å²) < 4.78 is 14.6. The van der Waals surface area contributed by atoms with E-state index >= 15 is 0 Å². The molecular weight excluding hydrogens is 188 g/mol. The van der Waals surface area contributed by atoms with E-state index in [2.05, 4.69) is 6.58 Å². The first-order valence-corrected chi connectivity index (χ1v) is 5.51. The van der Waals surface area contributed by atoms with E-state index in [0.717, 1.165) is 6.42 Å². The molecule has 0 spiro atoms. The van der Waals surface area contributed by atoms with Gasteiger partial charge in [-0.3, -0.25) is 0 Å². The molecule has 0 aromatic rings. The van der Waals surface area contributed by atoms with Crippen LogP contribution in [0.25, 0.3) is 0 Å². The average Bonchev–Trinajstić information content (AvgIpc) is 2.14. The van der Waals surface area contributed by atoms with Crippen LogP contribution in [0.1, 0.15) is 19.8 Å². The largest absolute Gasteiger partial charge is 0.551 e. The Morgan fingerprint density at radius 3 is 2.31 bits per heavy atom. The molecule has 0 radical (unpaired) electrons. The molecule has 76 valence electrons. The van der Waals surface area contributed by atoms with Crippen LogP contribution < -0.4 is 0 Å². The highest BCUT2D eigenvalue weighted by molar-refractivity contribution is 6.39. The Balaban J connectivity index is 3.90. The van der Waals surface area contributed by atoms with Crippen LogP contribution in [0.2, 0.25) is 0 Å². The molecule has 0 aromatic heterocycles. The highest BCUT2D eigenvalue weighted by Gasteiger charge is 2.18. The Labute approximate surface area is 80.5 Å². The molecule has 0 unspecified atom stereocenters. The van der Waals surface area contributed by atoms with Crippen molar-refractivity contribution < 1.29 is 18.1 Å². The highest BCUT2D eigenvalue weighted by Crippen LogP contribution is 2.05. The van der Waals surface area contributed by atoms with Crippen molar-refractivity contribution in [1.82, 2.24) is 0 Å². The summed E-state index contributed by atoms with van der Waals surface area (Å²) in [6.07, 6.45) is 1.52. The zero-order valence-electron chi connectivity index (χ0n) is 8.33. The van der Waals surface area contributed by atoms with Gasteiger partial charge < -0.3 is 13.3 Å². The number of rotatable bonds is 6. The lowest BCUT2D eigenvalue weighted by Crippen LogP contribution is -2.28. The molecule has 4 nitrogen and oxygen atoms in total. The first kappa shape index (κ1) is 12.3. The van der Waals surface area contributed by atoms with Crippen molar-refractivity contribution in [3.8, 4) is 0 Å². The zero-order valence-corrected chi connectivity index (χ0v) is 9.49. The second-order valence-corrected chi connectivity index (χ2v) is 4.27. The standard InChI is InChI=1S/C8H16O4Si/c1-5-6-7(2)8(9)12-13(10-3)11-4/h13H,2,5-6H2,1,3-4H3. The molecule has 0 atom stereocenters. The SMILES string of the molecule is C=C(CCC)C(=O)O[SiH](OC)OC. The van der Waals surface area contributed by atoms with Crippen LogP contribution in [0.4, 0.5) is 0 Å². The predicted octanol–water partition coefficient (Wildman–Crippen LogP) is 0.896. The van der Waals surface area contributed by atoms with E-state index in [4.69, 9.17) is 13.3 Å². The van der Waals surface area contributed by atoms with Gasteiger partial charge in [0.1, 0.15) is 0 Å². The van der Waals surface area contributed by atoms with Crippen LogP contribution >= 0.6 is 0 Å². The molecule has 0 aromatic carbocycles. The molecule has 0 saturated heterocycles. The van der Waals surface area contributed by atoms with E-state index in [1.54, 1.807) is 0 Å². The Hall–Kier alpha value is -0.653. The van der Waals surface area contributed by atoms with Crippen LogP contribution in [0.5, 0.6) is 0 Å². The molecule has 0 heterocycles. The monoisotopic (exact) mass is 204 g/mol. The van der Waals surface area contributed by atoms with Gasteiger partial charge in [0.15, 0.2) is 0 Å².